The second-order valence-electron chi connectivity index (χ2n) is 14.7. The molecule has 54 heavy (non-hydrogen) atoms. The molecule has 7 aromatic rings. The van der Waals surface area contributed by atoms with E-state index in [2.05, 4.69) is 168 Å². The summed E-state index contributed by atoms with van der Waals surface area (Å²) < 4.78 is 9.04. The molecule has 0 saturated carbocycles. The van der Waals surface area contributed by atoms with Gasteiger partial charge in [0.1, 0.15) is 11.5 Å². The van der Waals surface area contributed by atoms with E-state index in [1.807, 2.05) is 0 Å². The molecule has 0 radical (unpaired) electrons. The van der Waals surface area contributed by atoms with Crippen LogP contribution in [-0.4, -0.2) is 14.5 Å². The average Bonchev–Trinajstić information content (AvgIpc) is 3.80. The van der Waals surface area contributed by atoms with E-state index >= 15 is 0 Å². The summed E-state index contributed by atoms with van der Waals surface area (Å²) >= 11 is 0. The van der Waals surface area contributed by atoms with E-state index in [9.17, 15) is 0 Å². The van der Waals surface area contributed by atoms with Crippen molar-refractivity contribution in [3.63, 3.8) is 0 Å². The fourth-order valence-electron chi connectivity index (χ4n) is 9.04. The third kappa shape index (κ3) is 4.98. The van der Waals surface area contributed by atoms with Crippen LogP contribution in [0.1, 0.15) is 59.9 Å². The Morgan fingerprint density at radius 2 is 1.48 bits per heavy atom. The molecule has 0 amide bonds. The highest BCUT2D eigenvalue weighted by Crippen LogP contribution is 2.52. The number of nitrogens with zero attached hydrogens (tertiary/aromatic N) is 3. The standard InChI is InChI=1S/C50H37N3O/c1-3-13-32(14-4-1)33-25-27-34(28-26-33)49-38-17-7-9-21-42(38)51-50(52-49)40-20-12-24-46-48(40)41-31-35(29-30-45(41)54-46)37-19-11-23-44-47(37)39-18-8-10-22-43(39)53(44)36-15-5-2-6-16-36/h1,3-5,7-25,27-30,33,41H,2,6,26,31H2. The lowest BCUT2D eigenvalue weighted by atomic mass is 9.82. The van der Waals surface area contributed by atoms with Gasteiger partial charge < -0.3 is 9.30 Å². The van der Waals surface area contributed by atoms with Gasteiger partial charge in [0.2, 0.25) is 0 Å². The van der Waals surface area contributed by atoms with Gasteiger partial charge in [-0.2, -0.15) is 0 Å². The summed E-state index contributed by atoms with van der Waals surface area (Å²) in [5.41, 5.74) is 12.9. The molecule has 0 N–H and O–H groups in total. The topological polar surface area (TPSA) is 39.9 Å². The minimum Gasteiger partial charge on any atom is -0.461 e. The SMILES string of the molecule is C1=CC(n2c3ccccc3c3c(C4=CC=C5Oc6cccc(-c7nc(C8=CCC(c9ccccc9)C=C8)c8ccccc8n7)c6C5C4)cccc32)=CCC1. The quantitative estimate of drug-likeness (QED) is 0.180. The third-order valence-electron chi connectivity index (χ3n) is 11.6. The Hall–Kier alpha value is -6.52. The van der Waals surface area contributed by atoms with Crippen molar-refractivity contribution in [1.29, 1.82) is 0 Å². The number of rotatable bonds is 5. The number of hydrogen-bond donors (Lipinski definition) is 0. The molecule has 4 nitrogen and oxygen atoms in total. The van der Waals surface area contributed by atoms with Gasteiger partial charge in [-0.05, 0) is 84.4 Å². The number of hydrogen-bond acceptors (Lipinski definition) is 3. The first-order valence-corrected chi connectivity index (χ1v) is 19.1. The molecule has 2 unspecified atom stereocenters. The van der Waals surface area contributed by atoms with Gasteiger partial charge in [-0.15, -0.1) is 0 Å². The third-order valence-corrected chi connectivity index (χ3v) is 11.6. The Labute approximate surface area is 314 Å². The van der Waals surface area contributed by atoms with Crippen molar-refractivity contribution in [3.8, 4) is 17.1 Å². The Morgan fingerprint density at radius 1 is 0.667 bits per heavy atom. The highest BCUT2D eigenvalue weighted by atomic mass is 16.5. The van der Waals surface area contributed by atoms with Crippen molar-refractivity contribution in [3.05, 3.63) is 192 Å². The molecule has 3 aliphatic carbocycles. The van der Waals surface area contributed by atoms with Crippen LogP contribution in [0.25, 0.3) is 60.9 Å². The maximum absolute atomic E-state index is 6.61. The molecule has 11 rings (SSSR count). The number of benzene rings is 5. The van der Waals surface area contributed by atoms with Crippen LogP contribution >= 0.6 is 0 Å². The van der Waals surface area contributed by atoms with Gasteiger partial charge in [-0.1, -0.05) is 127 Å². The molecule has 0 saturated heterocycles. The van der Waals surface area contributed by atoms with Crippen LogP contribution in [0.5, 0.6) is 5.75 Å². The summed E-state index contributed by atoms with van der Waals surface area (Å²) in [7, 11) is 0. The highest BCUT2D eigenvalue weighted by Gasteiger charge is 2.36. The molecule has 4 aliphatic rings. The van der Waals surface area contributed by atoms with Crippen molar-refractivity contribution in [2.24, 2.45) is 0 Å². The summed E-state index contributed by atoms with van der Waals surface area (Å²) in [4.78, 5) is 10.6. The molecular formula is C50H37N3O. The zero-order chi connectivity index (χ0) is 35.6. The Morgan fingerprint density at radius 3 is 2.35 bits per heavy atom. The van der Waals surface area contributed by atoms with E-state index < -0.39 is 0 Å². The van der Waals surface area contributed by atoms with E-state index in [0.29, 0.717) is 5.92 Å². The van der Waals surface area contributed by atoms with Crippen LogP contribution in [0.4, 0.5) is 0 Å². The average molecular weight is 696 g/mol. The fraction of sp³-hybridized carbons (Fsp3) is 0.120. The Bertz CT molecular complexity index is 2860. The number of allylic oxidation sites excluding steroid dienone is 12. The van der Waals surface area contributed by atoms with Gasteiger partial charge in [0.15, 0.2) is 5.82 Å². The monoisotopic (exact) mass is 695 g/mol. The minimum atomic E-state index is 0.0581. The molecule has 3 heterocycles. The van der Waals surface area contributed by atoms with Crippen LogP contribution in [0, 0.1) is 0 Å². The number of fused-ring (bicyclic) bond motifs is 7. The summed E-state index contributed by atoms with van der Waals surface area (Å²) in [6, 6.07) is 41.1. The minimum absolute atomic E-state index is 0.0581. The highest BCUT2D eigenvalue weighted by molar-refractivity contribution is 6.15. The molecule has 2 aromatic heterocycles. The van der Waals surface area contributed by atoms with Crippen molar-refractivity contribution in [1.82, 2.24) is 14.5 Å². The van der Waals surface area contributed by atoms with E-state index in [1.165, 1.54) is 49.8 Å². The maximum atomic E-state index is 6.61. The molecule has 0 fully saturated rings. The first kappa shape index (κ1) is 31.0. The molecule has 0 spiro atoms. The van der Waals surface area contributed by atoms with Gasteiger partial charge in [0, 0.05) is 38.9 Å². The molecule has 258 valence electrons. The lowest BCUT2D eigenvalue weighted by Crippen LogP contribution is -2.07. The zero-order valence-corrected chi connectivity index (χ0v) is 29.8. The smallest absolute Gasteiger partial charge is 0.160 e. The lowest BCUT2D eigenvalue weighted by Gasteiger charge is -2.21. The molecule has 0 bridgehead atoms. The lowest BCUT2D eigenvalue weighted by molar-refractivity contribution is 0.426. The van der Waals surface area contributed by atoms with Crippen LogP contribution in [0.2, 0.25) is 0 Å². The molecule has 4 heteroatoms. The predicted octanol–water partition coefficient (Wildman–Crippen LogP) is 12.6. The van der Waals surface area contributed by atoms with Gasteiger partial charge in [-0.25, -0.2) is 9.97 Å². The largest absolute Gasteiger partial charge is 0.461 e. The van der Waals surface area contributed by atoms with Crippen LogP contribution in [-0.2, 0) is 0 Å². The summed E-state index contributed by atoms with van der Waals surface area (Å²) in [5.74, 6) is 3.03. The van der Waals surface area contributed by atoms with Gasteiger partial charge >= 0.3 is 0 Å². The van der Waals surface area contributed by atoms with E-state index in [-0.39, 0.29) is 5.92 Å². The second kappa shape index (κ2) is 12.6. The van der Waals surface area contributed by atoms with E-state index in [4.69, 9.17) is 14.7 Å². The summed E-state index contributed by atoms with van der Waals surface area (Å²) in [5, 5.41) is 3.64. The predicted molar refractivity (Wildman–Crippen MR) is 222 cm³/mol. The zero-order valence-electron chi connectivity index (χ0n) is 29.8. The Kier molecular flexibility index (Phi) is 7.22. The van der Waals surface area contributed by atoms with Gasteiger partial charge in [0.05, 0.1) is 28.2 Å². The Balaban J connectivity index is 0.996. The second-order valence-corrected chi connectivity index (χ2v) is 14.7. The van der Waals surface area contributed by atoms with Crippen molar-refractivity contribution < 1.29 is 4.74 Å². The summed E-state index contributed by atoms with van der Waals surface area (Å²) in [6.07, 6.45) is 22.2. The summed E-state index contributed by atoms with van der Waals surface area (Å²) in [6.45, 7) is 0. The number of ether oxygens (including phenoxy) is 1. The molecule has 2 atom stereocenters. The van der Waals surface area contributed by atoms with Crippen molar-refractivity contribution >= 4 is 49.6 Å². The van der Waals surface area contributed by atoms with Gasteiger partial charge in [-0.3, -0.25) is 0 Å². The normalized spacial score (nSPS) is 18.9. The maximum Gasteiger partial charge on any atom is 0.160 e. The first-order chi connectivity index (χ1) is 26.8. The van der Waals surface area contributed by atoms with E-state index in [0.717, 1.165) is 70.7 Å². The molecule has 1 aliphatic heterocycles. The molecular weight excluding hydrogens is 659 g/mol. The fourth-order valence-corrected chi connectivity index (χ4v) is 9.04. The number of para-hydroxylation sites is 2. The molecule has 5 aromatic carbocycles. The van der Waals surface area contributed by atoms with Crippen LogP contribution in [0.15, 0.2) is 170 Å². The van der Waals surface area contributed by atoms with E-state index in [1.54, 1.807) is 0 Å². The van der Waals surface area contributed by atoms with Crippen LogP contribution in [0.3, 0.4) is 0 Å². The van der Waals surface area contributed by atoms with Crippen molar-refractivity contribution in [2.45, 2.75) is 37.5 Å². The van der Waals surface area contributed by atoms with Crippen molar-refractivity contribution in [2.75, 3.05) is 0 Å². The van der Waals surface area contributed by atoms with Crippen LogP contribution < -0.4 is 4.74 Å². The first-order valence-electron chi connectivity index (χ1n) is 19.1. The number of aromatic nitrogens is 3. The van der Waals surface area contributed by atoms with Gasteiger partial charge in [0.25, 0.3) is 0 Å².